The number of hydrogen-bond donors (Lipinski definition) is 1. The van der Waals surface area contributed by atoms with Gasteiger partial charge in [0, 0.05) is 14.6 Å². The number of hydrogen-bond acceptors (Lipinski definition) is 4. The lowest BCUT2D eigenvalue weighted by Gasteiger charge is -2.12. The van der Waals surface area contributed by atoms with Gasteiger partial charge < -0.3 is 10.1 Å². The lowest BCUT2D eigenvalue weighted by molar-refractivity contribution is 0.306. The van der Waals surface area contributed by atoms with Crippen LogP contribution in [0.4, 0.5) is 11.5 Å². The maximum absolute atomic E-state index is 6.44. The van der Waals surface area contributed by atoms with E-state index in [1.54, 1.807) is 6.33 Å². The molecule has 0 aliphatic carbocycles. The SMILES string of the molecule is Cc1cccc(COc2ccc(Nc3ncnc4ccc(I)cc34)cc2Cl)c1. The Morgan fingerprint density at radius 2 is 1.93 bits per heavy atom. The Kier molecular flexibility index (Phi) is 5.64. The second-order valence-electron chi connectivity index (χ2n) is 6.43. The lowest BCUT2D eigenvalue weighted by atomic mass is 10.1. The van der Waals surface area contributed by atoms with Crippen LogP contribution in [-0.2, 0) is 6.61 Å². The van der Waals surface area contributed by atoms with Gasteiger partial charge in [0.2, 0.25) is 0 Å². The van der Waals surface area contributed by atoms with Crippen LogP contribution in [-0.4, -0.2) is 9.97 Å². The summed E-state index contributed by atoms with van der Waals surface area (Å²) in [7, 11) is 0. The maximum atomic E-state index is 6.44. The van der Waals surface area contributed by atoms with Gasteiger partial charge in [0.1, 0.15) is 24.5 Å². The Hall–Kier alpha value is -2.38. The van der Waals surface area contributed by atoms with Crippen LogP contribution in [0.15, 0.2) is 67.0 Å². The van der Waals surface area contributed by atoms with E-state index in [-0.39, 0.29) is 0 Å². The predicted molar refractivity (Wildman–Crippen MR) is 123 cm³/mol. The molecule has 28 heavy (non-hydrogen) atoms. The van der Waals surface area contributed by atoms with Crippen molar-refractivity contribution in [1.29, 1.82) is 0 Å². The largest absolute Gasteiger partial charge is 0.487 e. The van der Waals surface area contributed by atoms with Crippen molar-refractivity contribution < 1.29 is 4.74 Å². The maximum Gasteiger partial charge on any atom is 0.141 e. The predicted octanol–water partition coefficient (Wildman–Crippen LogP) is 6.52. The van der Waals surface area contributed by atoms with E-state index in [0.29, 0.717) is 17.4 Å². The van der Waals surface area contributed by atoms with Gasteiger partial charge in [-0.3, -0.25) is 0 Å². The zero-order valence-electron chi connectivity index (χ0n) is 15.1. The van der Waals surface area contributed by atoms with Gasteiger partial charge >= 0.3 is 0 Å². The summed E-state index contributed by atoms with van der Waals surface area (Å²) in [6, 6.07) is 19.9. The van der Waals surface area contributed by atoms with Crippen molar-refractivity contribution in [3.63, 3.8) is 0 Å². The minimum atomic E-state index is 0.475. The molecule has 6 heteroatoms. The minimum Gasteiger partial charge on any atom is -0.487 e. The van der Waals surface area contributed by atoms with Crippen molar-refractivity contribution in [1.82, 2.24) is 9.97 Å². The normalized spacial score (nSPS) is 10.8. The molecule has 0 aliphatic rings. The Morgan fingerprint density at radius 3 is 2.75 bits per heavy atom. The summed E-state index contributed by atoms with van der Waals surface area (Å²) in [5, 5.41) is 4.84. The van der Waals surface area contributed by atoms with Crippen LogP contribution in [0.2, 0.25) is 5.02 Å². The number of halogens is 2. The first-order valence-corrected chi connectivity index (χ1v) is 10.2. The van der Waals surface area contributed by atoms with E-state index in [1.807, 2.05) is 42.5 Å². The first-order valence-electron chi connectivity index (χ1n) is 8.74. The third-order valence-corrected chi connectivity index (χ3v) is 5.24. The van der Waals surface area contributed by atoms with Crippen LogP contribution < -0.4 is 10.1 Å². The second-order valence-corrected chi connectivity index (χ2v) is 8.08. The van der Waals surface area contributed by atoms with Crippen LogP contribution in [0.25, 0.3) is 10.9 Å². The zero-order valence-corrected chi connectivity index (χ0v) is 18.0. The van der Waals surface area contributed by atoms with Crippen LogP contribution in [0.1, 0.15) is 11.1 Å². The number of nitrogens with one attached hydrogen (secondary N) is 1. The van der Waals surface area contributed by atoms with E-state index in [4.69, 9.17) is 16.3 Å². The molecule has 0 unspecified atom stereocenters. The Morgan fingerprint density at radius 1 is 1.04 bits per heavy atom. The number of fused-ring (bicyclic) bond motifs is 1. The third kappa shape index (κ3) is 4.36. The molecule has 0 fully saturated rings. The Bertz CT molecular complexity index is 1150. The first kappa shape index (κ1) is 19.0. The fourth-order valence-corrected chi connectivity index (χ4v) is 3.65. The summed E-state index contributed by atoms with van der Waals surface area (Å²) >= 11 is 8.72. The van der Waals surface area contributed by atoms with Crippen molar-refractivity contribution in [2.24, 2.45) is 0 Å². The Balaban J connectivity index is 1.53. The van der Waals surface area contributed by atoms with Crippen LogP contribution in [0.5, 0.6) is 5.75 Å². The molecule has 3 aromatic carbocycles. The standard InChI is InChI=1S/C22H17ClIN3O/c1-14-3-2-4-15(9-14)12-28-21-8-6-17(11-19(21)23)27-22-18-10-16(24)5-7-20(18)25-13-26-22/h2-11,13H,12H2,1H3,(H,25,26,27). The van der Waals surface area contributed by atoms with Crippen LogP contribution in [0.3, 0.4) is 0 Å². The molecule has 0 spiro atoms. The molecule has 4 rings (SSSR count). The van der Waals surface area contributed by atoms with Gasteiger partial charge in [0.05, 0.1) is 10.5 Å². The molecule has 1 heterocycles. The van der Waals surface area contributed by atoms with Crippen molar-refractivity contribution in [3.05, 3.63) is 86.7 Å². The quantitative estimate of drug-likeness (QED) is 0.316. The molecule has 0 atom stereocenters. The van der Waals surface area contributed by atoms with Gasteiger partial charge in [-0.2, -0.15) is 0 Å². The monoisotopic (exact) mass is 501 g/mol. The molecule has 0 amide bonds. The highest BCUT2D eigenvalue weighted by Gasteiger charge is 2.08. The molecular formula is C22H17ClIN3O. The van der Waals surface area contributed by atoms with E-state index in [9.17, 15) is 0 Å². The fraction of sp³-hybridized carbons (Fsp3) is 0.0909. The van der Waals surface area contributed by atoms with Gasteiger partial charge in [0.25, 0.3) is 0 Å². The lowest BCUT2D eigenvalue weighted by Crippen LogP contribution is -1.98. The van der Waals surface area contributed by atoms with Gasteiger partial charge in [0.15, 0.2) is 0 Å². The third-order valence-electron chi connectivity index (χ3n) is 4.27. The summed E-state index contributed by atoms with van der Waals surface area (Å²) in [5.74, 6) is 1.39. The average Bonchev–Trinajstić information content (AvgIpc) is 2.68. The molecule has 1 aromatic heterocycles. The van der Waals surface area contributed by atoms with E-state index >= 15 is 0 Å². The first-order chi connectivity index (χ1) is 13.6. The number of ether oxygens (including phenoxy) is 1. The smallest absolute Gasteiger partial charge is 0.141 e. The molecule has 0 aliphatic heterocycles. The number of nitrogens with zero attached hydrogens (tertiary/aromatic N) is 2. The highest BCUT2D eigenvalue weighted by Crippen LogP contribution is 2.31. The van der Waals surface area contributed by atoms with Crippen LogP contribution in [0, 0.1) is 10.5 Å². The fourth-order valence-electron chi connectivity index (χ4n) is 2.92. The summed E-state index contributed by atoms with van der Waals surface area (Å²) < 4.78 is 7.01. The zero-order chi connectivity index (χ0) is 19.5. The van der Waals surface area contributed by atoms with E-state index < -0.39 is 0 Å². The summed E-state index contributed by atoms with van der Waals surface area (Å²) in [6.45, 7) is 2.54. The molecule has 1 N–H and O–H groups in total. The van der Waals surface area contributed by atoms with E-state index in [1.165, 1.54) is 5.56 Å². The number of benzene rings is 3. The van der Waals surface area contributed by atoms with E-state index in [2.05, 4.69) is 63.0 Å². The second kappa shape index (κ2) is 8.32. The van der Waals surface area contributed by atoms with Crippen molar-refractivity contribution in [3.8, 4) is 5.75 Å². The van der Waals surface area contributed by atoms with Crippen molar-refractivity contribution in [2.75, 3.05) is 5.32 Å². The highest BCUT2D eigenvalue weighted by molar-refractivity contribution is 14.1. The highest BCUT2D eigenvalue weighted by atomic mass is 127. The summed E-state index contributed by atoms with van der Waals surface area (Å²) in [6.07, 6.45) is 1.55. The molecule has 140 valence electrons. The van der Waals surface area contributed by atoms with Crippen LogP contribution >= 0.6 is 34.2 Å². The number of aromatic nitrogens is 2. The summed E-state index contributed by atoms with van der Waals surface area (Å²) in [5.41, 5.74) is 4.05. The molecule has 4 aromatic rings. The Labute approximate surface area is 182 Å². The minimum absolute atomic E-state index is 0.475. The number of rotatable bonds is 5. The molecule has 0 saturated carbocycles. The van der Waals surface area contributed by atoms with Gasteiger partial charge in [-0.05, 0) is 71.5 Å². The number of anilines is 2. The molecule has 0 saturated heterocycles. The topological polar surface area (TPSA) is 47.0 Å². The van der Waals surface area contributed by atoms with Crippen molar-refractivity contribution >= 4 is 56.6 Å². The van der Waals surface area contributed by atoms with Gasteiger partial charge in [-0.1, -0.05) is 41.4 Å². The average molecular weight is 502 g/mol. The molecule has 0 bridgehead atoms. The van der Waals surface area contributed by atoms with E-state index in [0.717, 1.165) is 31.5 Å². The van der Waals surface area contributed by atoms with Crippen molar-refractivity contribution in [2.45, 2.75) is 13.5 Å². The van der Waals surface area contributed by atoms with Gasteiger partial charge in [-0.15, -0.1) is 0 Å². The van der Waals surface area contributed by atoms with Gasteiger partial charge in [-0.25, -0.2) is 9.97 Å². The molecular weight excluding hydrogens is 485 g/mol. The number of aryl methyl sites for hydroxylation is 1. The summed E-state index contributed by atoms with van der Waals surface area (Å²) in [4.78, 5) is 8.69. The molecule has 0 radical (unpaired) electrons. The molecule has 4 nitrogen and oxygen atoms in total.